The second-order valence-corrected chi connectivity index (χ2v) is 5.46. The van der Waals surface area contributed by atoms with Crippen LogP contribution in [0.15, 0.2) is 0 Å². The van der Waals surface area contributed by atoms with Gasteiger partial charge in [-0.3, -0.25) is 4.79 Å². The number of hydrogen-bond donors (Lipinski definition) is 3. The van der Waals surface area contributed by atoms with Crippen LogP contribution in [0.5, 0.6) is 0 Å². The van der Waals surface area contributed by atoms with Crippen molar-refractivity contribution >= 4 is 5.91 Å². The first-order valence-electron chi connectivity index (χ1n) is 6.75. The molecule has 0 spiro atoms. The summed E-state index contributed by atoms with van der Waals surface area (Å²) >= 11 is 0. The quantitative estimate of drug-likeness (QED) is 0.634. The van der Waals surface area contributed by atoms with Gasteiger partial charge in [-0.1, -0.05) is 32.6 Å². The first-order chi connectivity index (χ1) is 8.06. The maximum Gasteiger partial charge on any atom is 0.220 e. The molecule has 4 nitrogen and oxygen atoms in total. The van der Waals surface area contributed by atoms with Gasteiger partial charge in [0, 0.05) is 13.0 Å². The van der Waals surface area contributed by atoms with Crippen LogP contribution in [0.2, 0.25) is 0 Å². The average molecular weight is 242 g/mol. The zero-order chi connectivity index (χ0) is 12.7. The first kappa shape index (κ1) is 14.5. The lowest BCUT2D eigenvalue weighted by Gasteiger charge is -2.27. The highest BCUT2D eigenvalue weighted by Gasteiger charge is 2.28. The van der Waals surface area contributed by atoms with Gasteiger partial charge in [-0.25, -0.2) is 0 Å². The average Bonchev–Trinajstić information content (AvgIpc) is 2.52. The third-order valence-electron chi connectivity index (χ3n) is 3.59. The summed E-state index contributed by atoms with van der Waals surface area (Å²) in [7, 11) is 0. The zero-order valence-corrected chi connectivity index (χ0v) is 10.9. The molecule has 0 bridgehead atoms. The van der Waals surface area contributed by atoms with Crippen LogP contribution in [0.4, 0.5) is 0 Å². The van der Waals surface area contributed by atoms with E-state index in [1.54, 1.807) is 0 Å². The molecule has 0 aromatic rings. The van der Waals surface area contributed by atoms with E-state index in [-0.39, 0.29) is 11.8 Å². The molecule has 4 heteroatoms. The van der Waals surface area contributed by atoms with E-state index in [9.17, 15) is 9.90 Å². The van der Waals surface area contributed by atoms with Gasteiger partial charge >= 0.3 is 0 Å². The van der Waals surface area contributed by atoms with E-state index in [1.807, 2.05) is 6.92 Å². The third-order valence-corrected chi connectivity index (χ3v) is 3.59. The monoisotopic (exact) mass is 242 g/mol. The van der Waals surface area contributed by atoms with Gasteiger partial charge in [0.15, 0.2) is 0 Å². The van der Waals surface area contributed by atoms with Crippen molar-refractivity contribution in [2.75, 3.05) is 13.1 Å². The molecule has 1 aliphatic rings. The van der Waals surface area contributed by atoms with Gasteiger partial charge in [0.05, 0.1) is 5.60 Å². The summed E-state index contributed by atoms with van der Waals surface area (Å²) in [5.41, 5.74) is 4.79. The van der Waals surface area contributed by atoms with E-state index in [0.717, 1.165) is 25.7 Å². The standard InChI is InChI=1S/C13H26N2O2/c1-11(9-14)8-12(16)15-10-13(17)6-4-2-3-5-7-13/h11,17H,2-10,14H2,1H3,(H,15,16). The molecule has 1 aliphatic carbocycles. The Morgan fingerprint density at radius 2 is 1.94 bits per heavy atom. The lowest BCUT2D eigenvalue weighted by Crippen LogP contribution is -2.43. The summed E-state index contributed by atoms with van der Waals surface area (Å²) < 4.78 is 0. The second-order valence-electron chi connectivity index (χ2n) is 5.46. The molecule has 1 unspecified atom stereocenters. The molecular formula is C13H26N2O2. The lowest BCUT2D eigenvalue weighted by atomic mass is 9.94. The van der Waals surface area contributed by atoms with Crippen LogP contribution in [0, 0.1) is 5.92 Å². The van der Waals surface area contributed by atoms with Crippen LogP contribution >= 0.6 is 0 Å². The Balaban J connectivity index is 2.30. The topological polar surface area (TPSA) is 75.4 Å². The molecule has 0 heterocycles. The number of aliphatic hydroxyl groups is 1. The Morgan fingerprint density at radius 1 is 1.35 bits per heavy atom. The van der Waals surface area contributed by atoms with E-state index in [0.29, 0.717) is 19.5 Å². The second kappa shape index (κ2) is 6.97. The summed E-state index contributed by atoms with van der Waals surface area (Å²) in [5, 5.41) is 13.2. The molecule has 100 valence electrons. The fraction of sp³-hybridized carbons (Fsp3) is 0.923. The molecule has 1 amide bonds. The van der Waals surface area contributed by atoms with Gasteiger partial charge in [-0.15, -0.1) is 0 Å². The SMILES string of the molecule is CC(CN)CC(=O)NCC1(O)CCCCCC1. The Hall–Kier alpha value is -0.610. The van der Waals surface area contributed by atoms with Crippen LogP contribution < -0.4 is 11.1 Å². The van der Waals surface area contributed by atoms with Crippen molar-refractivity contribution in [2.45, 2.75) is 57.5 Å². The van der Waals surface area contributed by atoms with Gasteiger partial charge in [0.25, 0.3) is 0 Å². The molecule has 4 N–H and O–H groups in total. The van der Waals surface area contributed by atoms with Crippen molar-refractivity contribution in [1.29, 1.82) is 0 Å². The van der Waals surface area contributed by atoms with Gasteiger partial charge in [0.2, 0.25) is 5.91 Å². The van der Waals surface area contributed by atoms with Crippen LogP contribution in [0.3, 0.4) is 0 Å². The lowest BCUT2D eigenvalue weighted by molar-refractivity contribution is -0.123. The Labute approximate surface area is 104 Å². The summed E-state index contributed by atoms with van der Waals surface area (Å²) in [4.78, 5) is 11.6. The summed E-state index contributed by atoms with van der Waals surface area (Å²) in [5.74, 6) is 0.208. The highest BCUT2D eigenvalue weighted by atomic mass is 16.3. The molecule has 0 aromatic carbocycles. The van der Waals surface area contributed by atoms with Crippen molar-refractivity contribution in [3.8, 4) is 0 Å². The summed E-state index contributed by atoms with van der Waals surface area (Å²) in [6, 6.07) is 0. The molecule has 0 radical (unpaired) electrons. The number of hydrogen-bond acceptors (Lipinski definition) is 3. The third kappa shape index (κ3) is 5.50. The van der Waals surface area contributed by atoms with Crippen molar-refractivity contribution < 1.29 is 9.90 Å². The molecule has 0 aliphatic heterocycles. The van der Waals surface area contributed by atoms with Crippen molar-refractivity contribution in [2.24, 2.45) is 11.7 Å². The fourth-order valence-electron chi connectivity index (χ4n) is 2.30. The molecule has 0 aromatic heterocycles. The number of nitrogens with one attached hydrogen (secondary N) is 1. The molecule has 0 saturated heterocycles. The maximum absolute atomic E-state index is 11.6. The van der Waals surface area contributed by atoms with Gasteiger partial charge in [-0.2, -0.15) is 0 Å². The Morgan fingerprint density at radius 3 is 2.47 bits per heavy atom. The molecule has 1 saturated carbocycles. The summed E-state index contributed by atoms with van der Waals surface area (Å²) in [6.07, 6.45) is 6.57. The van der Waals surface area contributed by atoms with Crippen molar-refractivity contribution in [1.82, 2.24) is 5.32 Å². The number of nitrogens with two attached hydrogens (primary N) is 1. The normalized spacial score (nSPS) is 21.6. The first-order valence-corrected chi connectivity index (χ1v) is 6.75. The Kier molecular flexibility index (Phi) is 5.92. The minimum atomic E-state index is -0.682. The van der Waals surface area contributed by atoms with Crippen LogP contribution in [0.25, 0.3) is 0 Å². The van der Waals surface area contributed by atoms with E-state index < -0.39 is 5.60 Å². The highest BCUT2D eigenvalue weighted by Crippen LogP contribution is 2.26. The molecule has 1 fully saturated rings. The van der Waals surface area contributed by atoms with E-state index in [4.69, 9.17) is 5.73 Å². The molecule has 1 rings (SSSR count). The zero-order valence-electron chi connectivity index (χ0n) is 10.9. The van der Waals surface area contributed by atoms with Gasteiger partial charge in [0.1, 0.15) is 0 Å². The minimum Gasteiger partial charge on any atom is -0.388 e. The molecular weight excluding hydrogens is 216 g/mol. The van der Waals surface area contributed by atoms with Crippen LogP contribution in [-0.2, 0) is 4.79 Å². The molecule has 1 atom stereocenters. The van der Waals surface area contributed by atoms with E-state index >= 15 is 0 Å². The number of carbonyl (C=O) groups excluding carboxylic acids is 1. The predicted octanol–water partition coefficient (Wildman–Crippen LogP) is 1.17. The number of rotatable bonds is 5. The van der Waals surface area contributed by atoms with E-state index in [1.165, 1.54) is 12.8 Å². The van der Waals surface area contributed by atoms with Gasteiger partial charge in [-0.05, 0) is 25.3 Å². The smallest absolute Gasteiger partial charge is 0.220 e. The summed E-state index contributed by atoms with van der Waals surface area (Å²) in [6.45, 7) is 2.88. The minimum absolute atomic E-state index is 0.000576. The maximum atomic E-state index is 11.6. The van der Waals surface area contributed by atoms with Crippen molar-refractivity contribution in [3.63, 3.8) is 0 Å². The highest BCUT2D eigenvalue weighted by molar-refractivity contribution is 5.76. The van der Waals surface area contributed by atoms with E-state index in [2.05, 4.69) is 5.32 Å². The Bertz CT molecular complexity index is 236. The number of amides is 1. The molecule has 17 heavy (non-hydrogen) atoms. The fourth-order valence-corrected chi connectivity index (χ4v) is 2.30. The van der Waals surface area contributed by atoms with Crippen molar-refractivity contribution in [3.05, 3.63) is 0 Å². The largest absolute Gasteiger partial charge is 0.388 e. The van der Waals surface area contributed by atoms with Gasteiger partial charge < -0.3 is 16.2 Å². The number of carbonyl (C=O) groups is 1. The van der Waals surface area contributed by atoms with Crippen LogP contribution in [0.1, 0.15) is 51.9 Å². The van der Waals surface area contributed by atoms with Crippen LogP contribution in [-0.4, -0.2) is 29.7 Å². The predicted molar refractivity (Wildman–Crippen MR) is 68.5 cm³/mol.